The summed E-state index contributed by atoms with van der Waals surface area (Å²) in [5.74, 6) is 2.97. The third-order valence-corrected chi connectivity index (χ3v) is 7.03. The van der Waals surface area contributed by atoms with E-state index in [0.717, 1.165) is 49.4 Å². The summed E-state index contributed by atoms with van der Waals surface area (Å²) in [5, 5.41) is 9.80. The second-order valence-electron chi connectivity index (χ2n) is 8.71. The number of hydrogen-bond donors (Lipinski definition) is 1. The molecule has 1 amide bonds. The Hall–Kier alpha value is -2.73. The van der Waals surface area contributed by atoms with Gasteiger partial charge in [0.15, 0.2) is 11.5 Å². The fraction of sp³-hybridized carbons (Fsp3) is 0.458. The molecule has 3 saturated heterocycles. The van der Waals surface area contributed by atoms with Crippen molar-refractivity contribution >= 4 is 12.0 Å². The molecule has 5 rings (SSSR count). The van der Waals surface area contributed by atoms with Crippen LogP contribution < -0.4 is 4.74 Å². The molecule has 3 aliphatic rings. The number of carbonyl (C=O) groups excluding carboxylic acids is 1. The summed E-state index contributed by atoms with van der Waals surface area (Å²) >= 11 is 0. The summed E-state index contributed by atoms with van der Waals surface area (Å²) in [5.41, 5.74) is 0.639. The molecule has 2 aromatic rings. The number of carbonyl (C=O) groups is 1. The number of methoxy groups -OCH3 is 1. The molecule has 30 heavy (non-hydrogen) atoms. The number of phenols is 1. The summed E-state index contributed by atoms with van der Waals surface area (Å²) in [4.78, 5) is 17.9. The molecule has 6 nitrogen and oxygen atoms in total. The van der Waals surface area contributed by atoms with E-state index in [4.69, 9.17) is 9.15 Å². The van der Waals surface area contributed by atoms with Gasteiger partial charge < -0.3 is 19.2 Å². The molecular weight excluding hydrogens is 380 g/mol. The summed E-state index contributed by atoms with van der Waals surface area (Å²) in [6.45, 7) is 4.25. The van der Waals surface area contributed by atoms with Gasteiger partial charge in [-0.15, -0.1) is 0 Å². The van der Waals surface area contributed by atoms with Crippen LogP contribution in [0.4, 0.5) is 0 Å². The molecular formula is C24H28N2O4. The monoisotopic (exact) mass is 408 g/mol. The maximum absolute atomic E-state index is 13.5. The number of ether oxygens (including phenoxy) is 1. The van der Waals surface area contributed by atoms with Gasteiger partial charge in [0, 0.05) is 18.5 Å². The third kappa shape index (κ3) is 2.93. The van der Waals surface area contributed by atoms with Gasteiger partial charge in [-0.3, -0.25) is 9.69 Å². The lowest BCUT2D eigenvalue weighted by atomic mass is 9.85. The predicted molar refractivity (Wildman–Crippen MR) is 113 cm³/mol. The van der Waals surface area contributed by atoms with Crippen molar-refractivity contribution in [2.24, 2.45) is 5.92 Å². The van der Waals surface area contributed by atoms with Crippen LogP contribution >= 0.6 is 0 Å². The van der Waals surface area contributed by atoms with E-state index in [2.05, 4.69) is 17.1 Å². The van der Waals surface area contributed by atoms with Crippen LogP contribution in [0.2, 0.25) is 0 Å². The molecule has 3 aliphatic heterocycles. The highest BCUT2D eigenvalue weighted by atomic mass is 16.5. The Morgan fingerprint density at radius 2 is 2.20 bits per heavy atom. The van der Waals surface area contributed by atoms with E-state index in [1.54, 1.807) is 13.2 Å². The van der Waals surface area contributed by atoms with Crippen LogP contribution in [0, 0.1) is 12.8 Å². The van der Waals surface area contributed by atoms with E-state index in [1.807, 2.05) is 36.1 Å². The number of nitrogens with zero attached hydrogens (tertiary/aromatic N) is 2. The Bertz CT molecular complexity index is 997. The van der Waals surface area contributed by atoms with Crippen molar-refractivity contribution in [3.05, 3.63) is 53.5 Å². The first-order chi connectivity index (χ1) is 14.5. The quantitative estimate of drug-likeness (QED) is 0.819. The van der Waals surface area contributed by atoms with Gasteiger partial charge in [0.1, 0.15) is 17.1 Å². The van der Waals surface area contributed by atoms with Crippen molar-refractivity contribution in [3.63, 3.8) is 0 Å². The Labute approximate surface area is 176 Å². The van der Waals surface area contributed by atoms with Gasteiger partial charge in [-0.25, -0.2) is 0 Å². The Morgan fingerprint density at radius 1 is 1.33 bits per heavy atom. The van der Waals surface area contributed by atoms with Crippen molar-refractivity contribution in [2.45, 2.75) is 44.3 Å². The van der Waals surface area contributed by atoms with Gasteiger partial charge in [0.25, 0.3) is 0 Å². The molecule has 158 valence electrons. The predicted octanol–water partition coefficient (Wildman–Crippen LogP) is 3.58. The van der Waals surface area contributed by atoms with Gasteiger partial charge in [0.2, 0.25) is 5.91 Å². The number of benzene rings is 1. The SMILES string of the molecule is COc1cc(/C=C/[C@@H]2C[C@H]3CN(Cc4ccc(C)o4)C(=O)[C@]34CCCN24)ccc1O. The summed E-state index contributed by atoms with van der Waals surface area (Å²) in [6, 6.07) is 9.54. The largest absolute Gasteiger partial charge is 0.504 e. The second-order valence-corrected chi connectivity index (χ2v) is 8.71. The molecule has 1 aromatic carbocycles. The van der Waals surface area contributed by atoms with Crippen molar-refractivity contribution < 1.29 is 19.1 Å². The fourth-order valence-corrected chi connectivity index (χ4v) is 5.73. The lowest BCUT2D eigenvalue weighted by molar-refractivity contribution is -0.137. The van der Waals surface area contributed by atoms with Crippen molar-refractivity contribution in [1.82, 2.24) is 9.80 Å². The van der Waals surface area contributed by atoms with Crippen LogP contribution in [0.5, 0.6) is 11.5 Å². The average Bonchev–Trinajstić information content (AvgIpc) is 3.46. The standard InChI is InChI=1S/C24H28N2O4/c1-16-4-8-20(30-16)15-25-14-18-13-19(26-11-3-10-24(18,26)23(25)28)7-5-17-6-9-21(27)22(12-17)29-2/h4-9,12,18-19,27H,3,10-11,13-15H2,1-2H3/b7-5+/t18-,19+,24-/m0/s1. The lowest BCUT2D eigenvalue weighted by Gasteiger charge is -2.32. The lowest BCUT2D eigenvalue weighted by Crippen LogP contribution is -2.50. The number of phenolic OH excluding ortho intramolecular Hbond substituents is 1. The first-order valence-corrected chi connectivity index (χ1v) is 10.7. The van der Waals surface area contributed by atoms with Crippen LogP contribution in [0.1, 0.15) is 36.3 Å². The van der Waals surface area contributed by atoms with Crippen molar-refractivity contribution in [2.75, 3.05) is 20.2 Å². The molecule has 4 heterocycles. The minimum absolute atomic E-state index is 0.140. The summed E-state index contributed by atoms with van der Waals surface area (Å²) < 4.78 is 10.9. The molecule has 0 saturated carbocycles. The first-order valence-electron chi connectivity index (χ1n) is 10.7. The van der Waals surface area contributed by atoms with Crippen molar-refractivity contribution in [1.29, 1.82) is 0 Å². The molecule has 0 unspecified atom stereocenters. The highest BCUT2D eigenvalue weighted by Crippen LogP contribution is 2.52. The van der Waals surface area contributed by atoms with Gasteiger partial charge in [-0.05, 0) is 62.6 Å². The summed E-state index contributed by atoms with van der Waals surface area (Å²) in [7, 11) is 1.55. The number of likely N-dealkylation sites (tertiary alicyclic amines) is 1. The maximum Gasteiger partial charge on any atom is 0.243 e. The van der Waals surface area contributed by atoms with E-state index in [0.29, 0.717) is 18.2 Å². The topological polar surface area (TPSA) is 66.2 Å². The Kier molecular flexibility index (Phi) is 4.62. The molecule has 6 heteroatoms. The van der Waals surface area contributed by atoms with Gasteiger partial charge in [0.05, 0.1) is 13.7 Å². The zero-order valence-corrected chi connectivity index (χ0v) is 17.5. The number of aryl methyl sites for hydroxylation is 1. The van der Waals surface area contributed by atoms with Crippen LogP contribution in [-0.2, 0) is 11.3 Å². The van der Waals surface area contributed by atoms with Crippen LogP contribution in [0.15, 0.2) is 40.8 Å². The zero-order valence-electron chi connectivity index (χ0n) is 17.5. The van der Waals surface area contributed by atoms with Crippen LogP contribution in [0.25, 0.3) is 6.08 Å². The van der Waals surface area contributed by atoms with Crippen molar-refractivity contribution in [3.8, 4) is 11.5 Å². The molecule has 3 atom stereocenters. The minimum atomic E-state index is -0.344. The van der Waals surface area contributed by atoms with E-state index in [9.17, 15) is 9.90 Å². The number of amides is 1. The van der Waals surface area contributed by atoms with E-state index in [1.165, 1.54) is 0 Å². The minimum Gasteiger partial charge on any atom is -0.504 e. The van der Waals surface area contributed by atoms with E-state index in [-0.39, 0.29) is 23.2 Å². The zero-order chi connectivity index (χ0) is 20.9. The Morgan fingerprint density at radius 3 is 2.97 bits per heavy atom. The number of furan rings is 1. The van der Waals surface area contributed by atoms with Gasteiger partial charge >= 0.3 is 0 Å². The van der Waals surface area contributed by atoms with Gasteiger partial charge in [-0.1, -0.05) is 18.2 Å². The van der Waals surface area contributed by atoms with E-state index < -0.39 is 0 Å². The van der Waals surface area contributed by atoms with E-state index >= 15 is 0 Å². The highest BCUT2D eigenvalue weighted by Gasteiger charge is 2.64. The smallest absolute Gasteiger partial charge is 0.243 e. The Balaban J connectivity index is 1.34. The molecule has 0 radical (unpaired) electrons. The van der Waals surface area contributed by atoms with Crippen LogP contribution in [0.3, 0.4) is 0 Å². The maximum atomic E-state index is 13.5. The number of hydrogen-bond acceptors (Lipinski definition) is 5. The van der Waals surface area contributed by atoms with Crippen LogP contribution in [-0.4, -0.2) is 52.6 Å². The molecule has 1 aromatic heterocycles. The summed E-state index contributed by atoms with van der Waals surface area (Å²) in [6.07, 6.45) is 7.29. The number of rotatable bonds is 5. The number of aromatic hydroxyl groups is 1. The third-order valence-electron chi connectivity index (χ3n) is 7.03. The molecule has 3 fully saturated rings. The second kappa shape index (κ2) is 7.20. The molecule has 0 bridgehead atoms. The van der Waals surface area contributed by atoms with Gasteiger partial charge in [-0.2, -0.15) is 0 Å². The molecule has 1 N–H and O–H groups in total. The molecule has 1 spiro atoms. The molecule has 0 aliphatic carbocycles. The highest BCUT2D eigenvalue weighted by molar-refractivity contribution is 5.90. The first kappa shape index (κ1) is 19.2. The average molecular weight is 408 g/mol. The fourth-order valence-electron chi connectivity index (χ4n) is 5.73. The normalized spacial score (nSPS) is 28.5.